The molecule has 0 aliphatic rings. The van der Waals surface area contributed by atoms with Gasteiger partial charge >= 0.3 is 0 Å². The normalized spacial score (nSPS) is 12.7. The van der Waals surface area contributed by atoms with Crippen LogP contribution in [0.1, 0.15) is 37.0 Å². The lowest BCUT2D eigenvalue weighted by Gasteiger charge is -2.22. The number of nitrogens with zero attached hydrogens (tertiary/aromatic N) is 2. The summed E-state index contributed by atoms with van der Waals surface area (Å²) >= 11 is 0. The summed E-state index contributed by atoms with van der Waals surface area (Å²) in [6.07, 6.45) is 1.17. The van der Waals surface area contributed by atoms with Crippen LogP contribution in [0.5, 0.6) is 5.75 Å². The Labute approximate surface area is 163 Å². The Bertz CT molecular complexity index is 1130. The number of aromatic amines is 1. The van der Waals surface area contributed by atoms with Crippen molar-refractivity contribution < 1.29 is 4.74 Å². The van der Waals surface area contributed by atoms with Crippen LogP contribution in [-0.2, 0) is 11.8 Å². The van der Waals surface area contributed by atoms with Crippen molar-refractivity contribution in [2.45, 2.75) is 32.1 Å². The molecule has 0 saturated carbocycles. The first-order valence-electron chi connectivity index (χ1n) is 9.20. The van der Waals surface area contributed by atoms with Crippen molar-refractivity contribution >= 4 is 10.9 Å². The average Bonchev–Trinajstić information content (AvgIpc) is 2.73. The van der Waals surface area contributed by atoms with Crippen LogP contribution in [0.3, 0.4) is 0 Å². The molecule has 3 aromatic rings. The molecule has 0 bridgehead atoms. The van der Waals surface area contributed by atoms with Gasteiger partial charge < -0.3 is 9.72 Å². The summed E-state index contributed by atoms with van der Waals surface area (Å²) in [5.41, 5.74) is 2.06. The van der Waals surface area contributed by atoms with Crippen molar-refractivity contribution in [3.8, 4) is 17.9 Å². The van der Waals surface area contributed by atoms with Gasteiger partial charge in [0.05, 0.1) is 29.7 Å². The predicted molar refractivity (Wildman–Crippen MR) is 108 cm³/mol. The molecule has 1 heterocycles. The number of aryl methyl sites for hydroxylation is 1. The second kappa shape index (κ2) is 7.98. The fraction of sp³-hybridized carbons (Fsp3) is 0.261. The van der Waals surface area contributed by atoms with Crippen LogP contribution >= 0.6 is 0 Å². The number of nitriles is 2. The zero-order valence-corrected chi connectivity index (χ0v) is 16.0. The van der Waals surface area contributed by atoms with E-state index in [1.807, 2.05) is 38.1 Å². The molecular weight excluding hydrogens is 350 g/mol. The number of benzene rings is 2. The molecule has 0 aliphatic heterocycles. The van der Waals surface area contributed by atoms with E-state index in [0.717, 1.165) is 22.0 Å². The lowest BCUT2D eigenvalue weighted by atomic mass is 9.81. The lowest BCUT2D eigenvalue weighted by molar-refractivity contribution is 0.285. The summed E-state index contributed by atoms with van der Waals surface area (Å²) in [6.45, 7) is 4.18. The SMILES string of the molecule is CCc1cc2ccc([C@](C)(C#N)CCOc3ccc(C#N)cc3)cc2[nH]c1=O. The monoisotopic (exact) mass is 371 g/mol. The van der Waals surface area contributed by atoms with Crippen molar-refractivity contribution in [2.75, 3.05) is 6.61 Å². The molecule has 0 spiro atoms. The molecule has 3 rings (SSSR count). The van der Waals surface area contributed by atoms with E-state index in [-0.39, 0.29) is 5.56 Å². The summed E-state index contributed by atoms with van der Waals surface area (Å²) in [4.78, 5) is 15.0. The minimum Gasteiger partial charge on any atom is -0.494 e. The summed E-state index contributed by atoms with van der Waals surface area (Å²) in [6, 6.07) is 19.0. The topological polar surface area (TPSA) is 89.7 Å². The fourth-order valence-electron chi connectivity index (χ4n) is 3.12. The van der Waals surface area contributed by atoms with E-state index in [4.69, 9.17) is 10.00 Å². The van der Waals surface area contributed by atoms with Crippen LogP contribution in [0.15, 0.2) is 53.3 Å². The molecule has 0 amide bonds. The first-order valence-corrected chi connectivity index (χ1v) is 9.20. The quantitative estimate of drug-likeness (QED) is 0.703. The maximum atomic E-state index is 12.1. The number of rotatable bonds is 6. The van der Waals surface area contributed by atoms with Crippen molar-refractivity contribution in [1.29, 1.82) is 10.5 Å². The molecule has 0 saturated heterocycles. The van der Waals surface area contributed by atoms with E-state index in [1.165, 1.54) is 0 Å². The summed E-state index contributed by atoms with van der Waals surface area (Å²) in [7, 11) is 0. The molecule has 5 heteroatoms. The Balaban J connectivity index is 1.79. The Morgan fingerprint density at radius 3 is 2.50 bits per heavy atom. The highest BCUT2D eigenvalue weighted by molar-refractivity contribution is 5.80. The Kier molecular flexibility index (Phi) is 5.47. The van der Waals surface area contributed by atoms with Crippen molar-refractivity contribution in [3.05, 3.63) is 75.6 Å². The molecule has 0 unspecified atom stereocenters. The van der Waals surface area contributed by atoms with Crippen LogP contribution in [0.4, 0.5) is 0 Å². The smallest absolute Gasteiger partial charge is 0.251 e. The Morgan fingerprint density at radius 2 is 1.86 bits per heavy atom. The summed E-state index contributed by atoms with van der Waals surface area (Å²) in [5, 5.41) is 19.6. The van der Waals surface area contributed by atoms with E-state index in [0.29, 0.717) is 30.8 Å². The summed E-state index contributed by atoms with van der Waals surface area (Å²) in [5.74, 6) is 0.661. The predicted octanol–water partition coefficient (Wildman–Crippen LogP) is 4.21. The van der Waals surface area contributed by atoms with Crippen molar-refractivity contribution in [3.63, 3.8) is 0 Å². The van der Waals surface area contributed by atoms with Crippen LogP contribution in [0, 0.1) is 22.7 Å². The van der Waals surface area contributed by atoms with Crippen molar-refractivity contribution in [1.82, 2.24) is 4.98 Å². The number of H-pyrrole nitrogens is 1. The Morgan fingerprint density at radius 1 is 1.11 bits per heavy atom. The van der Waals surface area contributed by atoms with Gasteiger partial charge in [-0.1, -0.05) is 19.1 Å². The molecule has 1 atom stereocenters. The van der Waals surface area contributed by atoms with Gasteiger partial charge in [0.15, 0.2) is 0 Å². The first-order chi connectivity index (χ1) is 13.5. The maximum Gasteiger partial charge on any atom is 0.251 e. The molecule has 1 aromatic heterocycles. The number of fused-ring (bicyclic) bond motifs is 1. The molecule has 2 aromatic carbocycles. The van der Waals surface area contributed by atoms with Gasteiger partial charge in [-0.3, -0.25) is 4.79 Å². The third-order valence-electron chi connectivity index (χ3n) is 5.04. The highest BCUT2D eigenvalue weighted by atomic mass is 16.5. The van der Waals surface area contributed by atoms with Gasteiger partial charge in [0, 0.05) is 17.5 Å². The van der Waals surface area contributed by atoms with E-state index in [2.05, 4.69) is 17.1 Å². The number of nitrogens with one attached hydrogen (secondary N) is 1. The molecule has 0 fully saturated rings. The van der Waals surface area contributed by atoms with Gasteiger partial charge in [0.2, 0.25) is 0 Å². The van der Waals surface area contributed by atoms with Gasteiger partial charge in [0.1, 0.15) is 5.75 Å². The molecular formula is C23H21N3O2. The van der Waals surface area contributed by atoms with Crippen LogP contribution in [0.25, 0.3) is 10.9 Å². The van der Waals surface area contributed by atoms with Crippen LogP contribution < -0.4 is 10.3 Å². The molecule has 0 radical (unpaired) electrons. The van der Waals surface area contributed by atoms with E-state index < -0.39 is 5.41 Å². The minimum absolute atomic E-state index is 0.0880. The molecule has 5 nitrogen and oxygen atoms in total. The highest BCUT2D eigenvalue weighted by Crippen LogP contribution is 2.29. The maximum absolute atomic E-state index is 12.1. The second-order valence-corrected chi connectivity index (χ2v) is 6.96. The standard InChI is InChI=1S/C23H21N3O2/c1-3-17-12-18-6-7-19(13-21(18)26-22(17)27)23(2,15-25)10-11-28-20-8-4-16(14-24)5-9-20/h4-9,12-13H,3,10-11H2,1-2H3,(H,26,27)/t23-/m0/s1. The molecule has 140 valence electrons. The third kappa shape index (κ3) is 3.89. The van der Waals surface area contributed by atoms with Gasteiger partial charge in [-0.15, -0.1) is 0 Å². The van der Waals surface area contributed by atoms with Crippen LogP contribution in [0.2, 0.25) is 0 Å². The lowest BCUT2D eigenvalue weighted by Crippen LogP contribution is -2.23. The van der Waals surface area contributed by atoms with Crippen molar-refractivity contribution in [2.24, 2.45) is 0 Å². The molecule has 0 aliphatic carbocycles. The number of aromatic nitrogens is 1. The van der Waals surface area contributed by atoms with Gasteiger partial charge in [-0.25, -0.2) is 0 Å². The number of pyridine rings is 1. The summed E-state index contributed by atoms with van der Waals surface area (Å²) < 4.78 is 5.74. The second-order valence-electron chi connectivity index (χ2n) is 6.96. The highest BCUT2D eigenvalue weighted by Gasteiger charge is 2.27. The first kappa shape index (κ1) is 19.2. The largest absolute Gasteiger partial charge is 0.494 e. The van der Waals surface area contributed by atoms with Crippen LogP contribution in [-0.4, -0.2) is 11.6 Å². The number of hydrogen-bond acceptors (Lipinski definition) is 4. The average molecular weight is 371 g/mol. The molecule has 1 N–H and O–H groups in total. The fourth-order valence-corrected chi connectivity index (χ4v) is 3.12. The van der Waals surface area contributed by atoms with Gasteiger partial charge in [-0.05, 0) is 60.7 Å². The van der Waals surface area contributed by atoms with Gasteiger partial charge in [-0.2, -0.15) is 10.5 Å². The number of ether oxygens (including phenoxy) is 1. The minimum atomic E-state index is -0.749. The van der Waals surface area contributed by atoms with E-state index in [9.17, 15) is 10.1 Å². The Hall–Kier alpha value is -3.57. The number of hydrogen-bond donors (Lipinski definition) is 1. The van der Waals surface area contributed by atoms with E-state index >= 15 is 0 Å². The molecule has 28 heavy (non-hydrogen) atoms. The zero-order chi connectivity index (χ0) is 20.1. The van der Waals surface area contributed by atoms with E-state index in [1.54, 1.807) is 24.3 Å². The van der Waals surface area contributed by atoms with Gasteiger partial charge in [0.25, 0.3) is 5.56 Å². The third-order valence-corrected chi connectivity index (χ3v) is 5.04. The zero-order valence-electron chi connectivity index (χ0n) is 16.0.